The first-order valence-electron chi connectivity index (χ1n) is 4.01. The van der Waals surface area contributed by atoms with E-state index in [1.54, 1.807) is 19.9 Å². The van der Waals surface area contributed by atoms with Crippen LogP contribution in [0.5, 0.6) is 0 Å². The molecule has 0 bridgehead atoms. The van der Waals surface area contributed by atoms with Crippen LogP contribution in [0.1, 0.15) is 28.9 Å². The van der Waals surface area contributed by atoms with Crippen LogP contribution in [0, 0.1) is 13.8 Å². The molecule has 13 heavy (non-hydrogen) atoms. The smallest absolute Gasteiger partial charge is 0.280 e. The van der Waals surface area contributed by atoms with E-state index in [4.69, 9.17) is 5.73 Å². The Hall–Kier alpha value is -1.03. The fourth-order valence-electron chi connectivity index (χ4n) is 1.26. The number of aromatic nitrogens is 1. The van der Waals surface area contributed by atoms with Crippen LogP contribution in [-0.4, -0.2) is 4.98 Å². The Balaban J connectivity index is 3.27. The highest BCUT2D eigenvalue weighted by Gasteiger charge is 2.14. The van der Waals surface area contributed by atoms with E-state index < -0.39 is 6.43 Å². The number of halogens is 2. The Bertz CT molecular complexity index is 311. The number of nitrogens with zero attached hydrogens (tertiary/aromatic N) is 1. The molecule has 0 saturated carbocycles. The average molecular weight is 186 g/mol. The predicted molar refractivity (Wildman–Crippen MR) is 46.6 cm³/mol. The van der Waals surface area contributed by atoms with E-state index in [1.165, 1.54) is 0 Å². The van der Waals surface area contributed by atoms with E-state index in [-0.39, 0.29) is 12.2 Å². The molecule has 0 aromatic carbocycles. The minimum absolute atomic E-state index is 0.152. The van der Waals surface area contributed by atoms with Crippen molar-refractivity contribution in [2.24, 2.45) is 5.73 Å². The minimum Gasteiger partial charge on any atom is -0.326 e. The molecule has 0 aliphatic heterocycles. The van der Waals surface area contributed by atoms with Crippen molar-refractivity contribution in [3.8, 4) is 0 Å². The molecule has 0 aliphatic rings. The Kier molecular flexibility index (Phi) is 2.93. The topological polar surface area (TPSA) is 38.9 Å². The average Bonchev–Trinajstić information content (AvgIpc) is 2.08. The van der Waals surface area contributed by atoms with Crippen LogP contribution in [0.3, 0.4) is 0 Å². The van der Waals surface area contributed by atoms with E-state index in [2.05, 4.69) is 4.98 Å². The summed E-state index contributed by atoms with van der Waals surface area (Å²) in [5, 5.41) is 0. The third-order valence-electron chi connectivity index (χ3n) is 1.97. The lowest BCUT2D eigenvalue weighted by Crippen LogP contribution is -2.05. The van der Waals surface area contributed by atoms with Gasteiger partial charge in [0, 0.05) is 12.2 Å². The lowest BCUT2D eigenvalue weighted by Gasteiger charge is -2.09. The molecule has 1 heterocycles. The molecule has 0 amide bonds. The van der Waals surface area contributed by atoms with Gasteiger partial charge in [-0.25, -0.2) is 8.78 Å². The van der Waals surface area contributed by atoms with Gasteiger partial charge in [-0.15, -0.1) is 0 Å². The predicted octanol–water partition coefficient (Wildman–Crippen LogP) is 2.09. The van der Waals surface area contributed by atoms with Crippen molar-refractivity contribution >= 4 is 0 Å². The van der Waals surface area contributed by atoms with Gasteiger partial charge in [-0.05, 0) is 31.0 Å². The second-order valence-electron chi connectivity index (χ2n) is 2.94. The maximum Gasteiger partial charge on any atom is 0.280 e. The van der Waals surface area contributed by atoms with E-state index in [1.807, 2.05) is 0 Å². The van der Waals surface area contributed by atoms with Crippen LogP contribution in [0.25, 0.3) is 0 Å². The molecule has 2 nitrogen and oxygen atoms in total. The molecule has 1 aromatic rings. The lowest BCUT2D eigenvalue weighted by atomic mass is 10.1. The highest BCUT2D eigenvalue weighted by atomic mass is 19.3. The first-order valence-corrected chi connectivity index (χ1v) is 4.01. The van der Waals surface area contributed by atoms with Crippen molar-refractivity contribution in [1.82, 2.24) is 4.98 Å². The third-order valence-corrected chi connectivity index (χ3v) is 1.97. The lowest BCUT2D eigenvalue weighted by molar-refractivity contribution is 0.145. The number of pyridine rings is 1. The van der Waals surface area contributed by atoms with Gasteiger partial charge < -0.3 is 5.73 Å². The van der Waals surface area contributed by atoms with Gasteiger partial charge in [-0.2, -0.15) is 0 Å². The van der Waals surface area contributed by atoms with Crippen molar-refractivity contribution in [2.75, 3.05) is 0 Å². The van der Waals surface area contributed by atoms with Crippen molar-refractivity contribution in [2.45, 2.75) is 26.8 Å². The van der Waals surface area contributed by atoms with Crippen LogP contribution in [-0.2, 0) is 6.54 Å². The molecule has 2 N–H and O–H groups in total. The standard InChI is InChI=1S/C9H12F2N2/c1-5-3-7(4-12)6(2)8(13-5)9(10)11/h3,9H,4,12H2,1-2H3. The molecule has 72 valence electrons. The molecule has 1 aromatic heterocycles. The quantitative estimate of drug-likeness (QED) is 0.768. The first-order chi connectivity index (χ1) is 6.06. The summed E-state index contributed by atoms with van der Waals surface area (Å²) in [4.78, 5) is 3.78. The molecular formula is C9H12F2N2. The van der Waals surface area contributed by atoms with Gasteiger partial charge >= 0.3 is 0 Å². The van der Waals surface area contributed by atoms with Crippen LogP contribution >= 0.6 is 0 Å². The number of aryl methyl sites for hydroxylation is 1. The SMILES string of the molecule is Cc1cc(CN)c(C)c(C(F)F)n1. The van der Waals surface area contributed by atoms with Crippen LogP contribution in [0.2, 0.25) is 0 Å². The number of hydrogen-bond acceptors (Lipinski definition) is 2. The van der Waals surface area contributed by atoms with Crippen molar-refractivity contribution < 1.29 is 8.78 Å². The highest BCUT2D eigenvalue weighted by molar-refractivity contribution is 5.31. The number of hydrogen-bond donors (Lipinski definition) is 1. The van der Waals surface area contributed by atoms with Gasteiger partial charge in [0.15, 0.2) is 0 Å². The van der Waals surface area contributed by atoms with Gasteiger partial charge in [-0.3, -0.25) is 4.98 Å². The van der Waals surface area contributed by atoms with Gasteiger partial charge in [0.25, 0.3) is 6.43 Å². The van der Waals surface area contributed by atoms with Crippen LogP contribution < -0.4 is 5.73 Å². The summed E-state index contributed by atoms with van der Waals surface area (Å²) in [5.41, 5.74) is 7.09. The third kappa shape index (κ3) is 2.01. The second kappa shape index (κ2) is 3.79. The van der Waals surface area contributed by atoms with Crippen molar-refractivity contribution in [3.63, 3.8) is 0 Å². The highest BCUT2D eigenvalue weighted by Crippen LogP contribution is 2.23. The number of alkyl halides is 2. The first kappa shape index (κ1) is 10.1. The molecule has 0 radical (unpaired) electrons. The van der Waals surface area contributed by atoms with E-state index in [9.17, 15) is 8.78 Å². The molecule has 0 fully saturated rings. The van der Waals surface area contributed by atoms with E-state index >= 15 is 0 Å². The van der Waals surface area contributed by atoms with Crippen LogP contribution in [0.15, 0.2) is 6.07 Å². The molecule has 0 spiro atoms. The maximum absolute atomic E-state index is 12.4. The minimum atomic E-state index is -2.52. The largest absolute Gasteiger partial charge is 0.326 e. The Morgan fingerprint density at radius 2 is 2.08 bits per heavy atom. The normalized spacial score (nSPS) is 10.9. The summed E-state index contributed by atoms with van der Waals surface area (Å²) in [5.74, 6) is 0. The molecule has 0 aliphatic carbocycles. The molecular weight excluding hydrogens is 174 g/mol. The zero-order valence-corrected chi connectivity index (χ0v) is 7.64. The number of nitrogens with two attached hydrogens (primary N) is 1. The molecule has 0 atom stereocenters. The van der Waals surface area contributed by atoms with E-state index in [0.717, 1.165) is 5.56 Å². The fraction of sp³-hybridized carbons (Fsp3) is 0.444. The Morgan fingerprint density at radius 1 is 1.46 bits per heavy atom. The molecule has 0 unspecified atom stereocenters. The monoisotopic (exact) mass is 186 g/mol. The van der Waals surface area contributed by atoms with Gasteiger partial charge in [0.05, 0.1) is 0 Å². The summed E-state index contributed by atoms with van der Waals surface area (Å²) in [6.45, 7) is 3.58. The van der Waals surface area contributed by atoms with Crippen LogP contribution in [0.4, 0.5) is 8.78 Å². The molecule has 0 saturated heterocycles. The van der Waals surface area contributed by atoms with Gasteiger partial charge in [-0.1, -0.05) is 0 Å². The zero-order chi connectivity index (χ0) is 10.0. The molecule has 1 rings (SSSR count). The molecule has 4 heteroatoms. The van der Waals surface area contributed by atoms with Gasteiger partial charge in [0.2, 0.25) is 0 Å². The summed E-state index contributed by atoms with van der Waals surface area (Å²) < 4.78 is 24.8. The van der Waals surface area contributed by atoms with Gasteiger partial charge in [0.1, 0.15) is 5.69 Å². The second-order valence-corrected chi connectivity index (χ2v) is 2.94. The Morgan fingerprint density at radius 3 is 2.54 bits per heavy atom. The summed E-state index contributed by atoms with van der Waals surface area (Å²) in [7, 11) is 0. The summed E-state index contributed by atoms with van der Waals surface area (Å²) >= 11 is 0. The van der Waals surface area contributed by atoms with Crippen molar-refractivity contribution in [3.05, 3.63) is 28.6 Å². The zero-order valence-electron chi connectivity index (χ0n) is 7.64. The Labute approximate surface area is 75.8 Å². The fourth-order valence-corrected chi connectivity index (χ4v) is 1.26. The van der Waals surface area contributed by atoms with E-state index in [0.29, 0.717) is 11.3 Å². The van der Waals surface area contributed by atoms with Crippen molar-refractivity contribution in [1.29, 1.82) is 0 Å². The maximum atomic E-state index is 12.4. The summed E-state index contributed by atoms with van der Waals surface area (Å²) in [6.07, 6.45) is -2.52. The number of rotatable bonds is 2. The summed E-state index contributed by atoms with van der Waals surface area (Å²) in [6, 6.07) is 1.74.